The van der Waals surface area contributed by atoms with Gasteiger partial charge in [-0.15, -0.1) is 0 Å². The normalized spacial score (nSPS) is 11.6. The van der Waals surface area contributed by atoms with Gasteiger partial charge in [0.05, 0.1) is 5.75 Å². The zero-order valence-electron chi connectivity index (χ0n) is 10.7. The monoisotopic (exact) mass is 334 g/mol. The molecule has 1 rings (SSSR count). The number of halogens is 1. The van der Waals surface area contributed by atoms with Gasteiger partial charge in [0.1, 0.15) is 9.84 Å². The lowest BCUT2D eigenvalue weighted by molar-refractivity contribution is 0.601. The number of sulfone groups is 1. The van der Waals surface area contributed by atoms with Crippen molar-refractivity contribution in [2.45, 2.75) is 6.42 Å². The van der Waals surface area contributed by atoms with Gasteiger partial charge < -0.3 is 10.6 Å². The molecule has 0 aliphatic heterocycles. The summed E-state index contributed by atoms with van der Waals surface area (Å²) in [6, 6.07) is 5.99. The standard InChI is InChI=1S/C12H19BrN2O2S/c1-15(7-8-18(2,16)17)11-4-3-10(5-6-14)12(13)9-11/h3-4,9H,5-8,14H2,1-2H3. The van der Waals surface area contributed by atoms with Gasteiger partial charge in [-0.05, 0) is 30.7 Å². The van der Waals surface area contributed by atoms with Crippen molar-refractivity contribution in [3.63, 3.8) is 0 Å². The Labute approximate surface area is 117 Å². The van der Waals surface area contributed by atoms with Crippen molar-refractivity contribution in [2.75, 3.05) is 37.0 Å². The van der Waals surface area contributed by atoms with E-state index >= 15 is 0 Å². The van der Waals surface area contributed by atoms with Gasteiger partial charge in [0, 0.05) is 30.0 Å². The maximum atomic E-state index is 11.1. The minimum Gasteiger partial charge on any atom is -0.374 e. The predicted octanol–water partition coefficient (Wildman–Crippen LogP) is 1.43. The van der Waals surface area contributed by atoms with E-state index in [4.69, 9.17) is 5.73 Å². The molecule has 0 fully saturated rings. The Bertz CT molecular complexity index is 503. The van der Waals surface area contributed by atoms with E-state index in [1.807, 2.05) is 30.1 Å². The van der Waals surface area contributed by atoms with Crippen LogP contribution in [0.2, 0.25) is 0 Å². The minimum atomic E-state index is -2.92. The van der Waals surface area contributed by atoms with Crippen LogP contribution in [0.3, 0.4) is 0 Å². The molecule has 0 aromatic heterocycles. The summed E-state index contributed by atoms with van der Waals surface area (Å²) in [5.41, 5.74) is 7.68. The number of anilines is 1. The van der Waals surface area contributed by atoms with Crippen LogP contribution in [0.1, 0.15) is 5.56 Å². The number of benzene rings is 1. The third-order valence-corrected chi connectivity index (χ3v) is 4.35. The first-order valence-electron chi connectivity index (χ1n) is 5.71. The van der Waals surface area contributed by atoms with E-state index in [0.29, 0.717) is 13.1 Å². The molecule has 0 saturated carbocycles. The molecule has 4 nitrogen and oxygen atoms in total. The van der Waals surface area contributed by atoms with Gasteiger partial charge in [-0.3, -0.25) is 0 Å². The van der Waals surface area contributed by atoms with Crippen LogP contribution in [-0.2, 0) is 16.3 Å². The molecule has 0 amide bonds. The molecular formula is C12H19BrN2O2S. The highest BCUT2D eigenvalue weighted by atomic mass is 79.9. The highest BCUT2D eigenvalue weighted by Gasteiger charge is 2.08. The summed E-state index contributed by atoms with van der Waals surface area (Å²) >= 11 is 3.51. The van der Waals surface area contributed by atoms with Crippen molar-refractivity contribution < 1.29 is 8.42 Å². The van der Waals surface area contributed by atoms with Crippen LogP contribution in [0.4, 0.5) is 5.69 Å². The Morgan fingerprint density at radius 1 is 1.39 bits per heavy atom. The summed E-state index contributed by atoms with van der Waals surface area (Å²) in [6.07, 6.45) is 2.08. The average molecular weight is 335 g/mol. The summed E-state index contributed by atoms with van der Waals surface area (Å²) in [5.74, 6) is 0.158. The van der Waals surface area contributed by atoms with Gasteiger partial charge in [-0.1, -0.05) is 22.0 Å². The number of nitrogens with two attached hydrogens (primary N) is 1. The van der Waals surface area contributed by atoms with E-state index in [2.05, 4.69) is 15.9 Å². The summed E-state index contributed by atoms with van der Waals surface area (Å²) in [6.45, 7) is 1.10. The Balaban J connectivity index is 2.75. The minimum absolute atomic E-state index is 0.158. The van der Waals surface area contributed by atoms with Gasteiger partial charge in [0.15, 0.2) is 0 Å². The zero-order chi connectivity index (χ0) is 13.8. The Kier molecular flexibility index (Phi) is 5.62. The van der Waals surface area contributed by atoms with E-state index in [1.54, 1.807) is 0 Å². The maximum Gasteiger partial charge on any atom is 0.149 e. The molecule has 0 aliphatic rings. The van der Waals surface area contributed by atoms with Crippen molar-refractivity contribution in [1.29, 1.82) is 0 Å². The lowest BCUT2D eigenvalue weighted by Gasteiger charge is -2.19. The highest BCUT2D eigenvalue weighted by Crippen LogP contribution is 2.23. The molecule has 0 atom stereocenters. The van der Waals surface area contributed by atoms with Crippen molar-refractivity contribution in [1.82, 2.24) is 0 Å². The first-order chi connectivity index (χ1) is 8.33. The van der Waals surface area contributed by atoms with Gasteiger partial charge in [0.2, 0.25) is 0 Å². The van der Waals surface area contributed by atoms with Crippen LogP contribution in [0.5, 0.6) is 0 Å². The molecule has 0 heterocycles. The first kappa shape index (κ1) is 15.5. The van der Waals surface area contributed by atoms with Crippen LogP contribution in [0.15, 0.2) is 22.7 Å². The van der Waals surface area contributed by atoms with Crippen LogP contribution in [-0.4, -0.2) is 40.6 Å². The van der Waals surface area contributed by atoms with E-state index < -0.39 is 9.84 Å². The second kappa shape index (κ2) is 6.54. The van der Waals surface area contributed by atoms with Crippen LogP contribution in [0, 0.1) is 0 Å². The molecule has 0 unspecified atom stereocenters. The summed E-state index contributed by atoms with van der Waals surface area (Å²) in [5, 5.41) is 0. The third kappa shape index (κ3) is 4.96. The van der Waals surface area contributed by atoms with E-state index in [1.165, 1.54) is 6.26 Å². The Morgan fingerprint density at radius 3 is 2.56 bits per heavy atom. The average Bonchev–Trinajstić information content (AvgIpc) is 2.28. The molecule has 1 aromatic carbocycles. The third-order valence-electron chi connectivity index (χ3n) is 2.69. The first-order valence-corrected chi connectivity index (χ1v) is 8.56. The second-order valence-corrected chi connectivity index (χ2v) is 7.48. The molecule has 0 aliphatic carbocycles. The lowest BCUT2D eigenvalue weighted by Crippen LogP contribution is -2.24. The molecule has 0 saturated heterocycles. The van der Waals surface area contributed by atoms with E-state index in [9.17, 15) is 8.42 Å². The zero-order valence-corrected chi connectivity index (χ0v) is 13.1. The molecule has 2 N–H and O–H groups in total. The van der Waals surface area contributed by atoms with Gasteiger partial charge in [-0.25, -0.2) is 8.42 Å². The number of hydrogen-bond donors (Lipinski definition) is 1. The lowest BCUT2D eigenvalue weighted by atomic mass is 10.1. The second-order valence-electron chi connectivity index (χ2n) is 4.37. The largest absolute Gasteiger partial charge is 0.374 e. The molecule has 6 heteroatoms. The van der Waals surface area contributed by atoms with E-state index in [0.717, 1.165) is 22.1 Å². The Morgan fingerprint density at radius 2 is 2.06 bits per heavy atom. The van der Waals surface area contributed by atoms with Gasteiger partial charge in [-0.2, -0.15) is 0 Å². The maximum absolute atomic E-state index is 11.1. The van der Waals surface area contributed by atoms with Gasteiger partial charge in [0.25, 0.3) is 0 Å². The SMILES string of the molecule is CN(CCS(C)(=O)=O)c1ccc(CCN)c(Br)c1. The molecule has 0 spiro atoms. The van der Waals surface area contributed by atoms with Crippen LogP contribution in [0.25, 0.3) is 0 Å². The topological polar surface area (TPSA) is 63.4 Å². The molecule has 1 aromatic rings. The van der Waals surface area contributed by atoms with Crippen LogP contribution >= 0.6 is 15.9 Å². The van der Waals surface area contributed by atoms with Crippen molar-refractivity contribution in [3.05, 3.63) is 28.2 Å². The molecule has 102 valence electrons. The summed E-state index contributed by atoms with van der Waals surface area (Å²) < 4.78 is 23.3. The van der Waals surface area contributed by atoms with Gasteiger partial charge >= 0.3 is 0 Å². The van der Waals surface area contributed by atoms with Crippen LogP contribution < -0.4 is 10.6 Å². The van der Waals surface area contributed by atoms with Crippen molar-refractivity contribution in [2.24, 2.45) is 5.73 Å². The van der Waals surface area contributed by atoms with Crippen molar-refractivity contribution >= 4 is 31.5 Å². The fourth-order valence-electron chi connectivity index (χ4n) is 1.56. The quantitative estimate of drug-likeness (QED) is 0.854. The number of hydrogen-bond acceptors (Lipinski definition) is 4. The summed E-state index contributed by atoms with van der Waals surface area (Å²) in [7, 11) is -1.04. The summed E-state index contributed by atoms with van der Waals surface area (Å²) in [4.78, 5) is 1.93. The molecule has 0 bridgehead atoms. The smallest absolute Gasteiger partial charge is 0.149 e. The highest BCUT2D eigenvalue weighted by molar-refractivity contribution is 9.10. The predicted molar refractivity (Wildman–Crippen MR) is 79.9 cm³/mol. The fraction of sp³-hybridized carbons (Fsp3) is 0.500. The van der Waals surface area contributed by atoms with Crippen molar-refractivity contribution in [3.8, 4) is 0 Å². The number of nitrogens with zero attached hydrogens (tertiary/aromatic N) is 1. The molecule has 0 radical (unpaired) electrons. The fourth-order valence-corrected chi connectivity index (χ4v) is 2.73. The Hall–Kier alpha value is -0.590. The van der Waals surface area contributed by atoms with E-state index in [-0.39, 0.29) is 5.75 Å². The molecule has 18 heavy (non-hydrogen) atoms. The number of rotatable bonds is 6. The molecular weight excluding hydrogens is 316 g/mol.